The second-order valence-electron chi connectivity index (χ2n) is 3.65. The Kier molecular flexibility index (Phi) is 3.25. The van der Waals surface area contributed by atoms with Gasteiger partial charge in [-0.15, -0.1) is 0 Å². The molecule has 0 fully saturated rings. The molecule has 4 nitrogen and oxygen atoms in total. The number of hydrogen-bond donors (Lipinski definition) is 1. The van der Waals surface area contributed by atoms with Crippen molar-refractivity contribution in [1.29, 1.82) is 0 Å². The Balaban J connectivity index is 2.21. The molecule has 0 bridgehead atoms. The van der Waals surface area contributed by atoms with Crippen molar-refractivity contribution in [1.82, 2.24) is 0 Å². The molecule has 1 heterocycles. The number of hydrogen-bond acceptors (Lipinski definition) is 4. The molecule has 2 rings (SSSR count). The highest BCUT2D eigenvalue weighted by Crippen LogP contribution is 2.15. The van der Waals surface area contributed by atoms with E-state index in [1.54, 1.807) is 43.5 Å². The van der Waals surface area contributed by atoms with Gasteiger partial charge >= 0.3 is 0 Å². The fourth-order valence-electron chi connectivity index (χ4n) is 1.50. The molecule has 0 radical (unpaired) electrons. The van der Waals surface area contributed by atoms with Gasteiger partial charge < -0.3 is 14.9 Å². The van der Waals surface area contributed by atoms with E-state index in [1.165, 1.54) is 0 Å². The van der Waals surface area contributed by atoms with Crippen molar-refractivity contribution in [3.05, 3.63) is 53.5 Å². The highest BCUT2D eigenvalue weighted by atomic mass is 16.5. The molecule has 1 aromatic heterocycles. The van der Waals surface area contributed by atoms with Gasteiger partial charge in [-0.2, -0.15) is 0 Å². The summed E-state index contributed by atoms with van der Waals surface area (Å²) in [6, 6.07) is 10.1. The molecule has 0 spiro atoms. The minimum Gasteiger partial charge on any atom is -0.455 e. The molecule has 0 aliphatic carbocycles. The summed E-state index contributed by atoms with van der Waals surface area (Å²) in [7, 11) is 1.57. The van der Waals surface area contributed by atoms with E-state index in [0.717, 1.165) is 0 Å². The SMILES string of the molecule is COCc1ccc(C(=O)c2ccc(N)cc2)o1. The number of benzene rings is 1. The first-order chi connectivity index (χ1) is 8.20. The minimum absolute atomic E-state index is 0.160. The molecular weight excluding hydrogens is 218 g/mol. The number of rotatable bonds is 4. The third-order valence-electron chi connectivity index (χ3n) is 2.34. The summed E-state index contributed by atoms with van der Waals surface area (Å²) in [6.07, 6.45) is 0. The molecule has 0 unspecified atom stereocenters. The van der Waals surface area contributed by atoms with Crippen molar-refractivity contribution in [3.63, 3.8) is 0 Å². The lowest BCUT2D eigenvalue weighted by atomic mass is 10.1. The van der Waals surface area contributed by atoms with Gasteiger partial charge in [0.1, 0.15) is 12.4 Å². The van der Waals surface area contributed by atoms with Crippen molar-refractivity contribution >= 4 is 11.5 Å². The van der Waals surface area contributed by atoms with Gasteiger partial charge in [-0.1, -0.05) is 0 Å². The predicted molar refractivity (Wildman–Crippen MR) is 63.7 cm³/mol. The van der Waals surface area contributed by atoms with Crippen LogP contribution in [0.5, 0.6) is 0 Å². The molecule has 0 aliphatic rings. The van der Waals surface area contributed by atoms with Gasteiger partial charge in [0.25, 0.3) is 0 Å². The average Bonchev–Trinajstić information content (AvgIpc) is 2.78. The van der Waals surface area contributed by atoms with Crippen LogP contribution in [0.15, 0.2) is 40.8 Å². The van der Waals surface area contributed by atoms with Gasteiger partial charge in [-0.05, 0) is 36.4 Å². The monoisotopic (exact) mass is 231 g/mol. The molecule has 2 N–H and O–H groups in total. The molecule has 0 atom stereocenters. The lowest BCUT2D eigenvalue weighted by Crippen LogP contribution is -1.99. The van der Waals surface area contributed by atoms with Crippen LogP contribution in [0.3, 0.4) is 0 Å². The number of ether oxygens (including phenoxy) is 1. The molecule has 4 heteroatoms. The van der Waals surface area contributed by atoms with Crippen LogP contribution in [-0.2, 0) is 11.3 Å². The topological polar surface area (TPSA) is 65.5 Å². The van der Waals surface area contributed by atoms with E-state index in [-0.39, 0.29) is 5.78 Å². The number of nitrogen functional groups attached to an aromatic ring is 1. The highest BCUT2D eigenvalue weighted by Gasteiger charge is 2.13. The molecule has 1 aromatic carbocycles. The summed E-state index contributed by atoms with van der Waals surface area (Å²) < 4.78 is 10.3. The van der Waals surface area contributed by atoms with Crippen LogP contribution in [0, 0.1) is 0 Å². The van der Waals surface area contributed by atoms with Gasteiger partial charge in [0, 0.05) is 18.4 Å². The normalized spacial score (nSPS) is 10.4. The minimum atomic E-state index is -0.160. The van der Waals surface area contributed by atoms with E-state index in [9.17, 15) is 4.79 Å². The molecular formula is C13H13NO3. The standard InChI is InChI=1S/C13H13NO3/c1-16-8-11-6-7-12(17-11)13(15)9-2-4-10(14)5-3-9/h2-7H,8,14H2,1H3. The van der Waals surface area contributed by atoms with E-state index in [4.69, 9.17) is 14.9 Å². The van der Waals surface area contributed by atoms with Gasteiger partial charge in [-0.25, -0.2) is 0 Å². The lowest BCUT2D eigenvalue weighted by Gasteiger charge is -1.98. The second kappa shape index (κ2) is 4.84. The zero-order valence-electron chi connectivity index (χ0n) is 9.47. The molecule has 88 valence electrons. The quantitative estimate of drug-likeness (QED) is 0.647. The first kappa shape index (κ1) is 11.4. The maximum absolute atomic E-state index is 12.0. The number of anilines is 1. The lowest BCUT2D eigenvalue weighted by molar-refractivity contribution is 0.1000. The summed E-state index contributed by atoms with van der Waals surface area (Å²) >= 11 is 0. The first-order valence-electron chi connectivity index (χ1n) is 5.18. The van der Waals surface area contributed by atoms with Crippen LogP contribution >= 0.6 is 0 Å². The molecule has 0 aliphatic heterocycles. The Morgan fingerprint density at radius 2 is 1.94 bits per heavy atom. The number of carbonyl (C=O) groups excluding carboxylic acids is 1. The van der Waals surface area contributed by atoms with E-state index in [1.807, 2.05) is 0 Å². The Bertz CT molecular complexity index is 514. The van der Waals surface area contributed by atoms with E-state index >= 15 is 0 Å². The van der Waals surface area contributed by atoms with Crippen LogP contribution in [0.4, 0.5) is 5.69 Å². The number of ketones is 1. The van der Waals surface area contributed by atoms with Crippen LogP contribution in [0.1, 0.15) is 21.9 Å². The third kappa shape index (κ3) is 2.54. The maximum atomic E-state index is 12.0. The summed E-state index contributed by atoms with van der Waals surface area (Å²) in [4.78, 5) is 12.0. The van der Waals surface area contributed by atoms with Crippen LogP contribution in [0.25, 0.3) is 0 Å². The Morgan fingerprint density at radius 3 is 2.59 bits per heavy atom. The summed E-state index contributed by atoms with van der Waals surface area (Å²) in [5.74, 6) is 0.778. The fourth-order valence-corrected chi connectivity index (χ4v) is 1.50. The van der Waals surface area contributed by atoms with Gasteiger partial charge in [0.15, 0.2) is 5.76 Å². The largest absolute Gasteiger partial charge is 0.455 e. The summed E-state index contributed by atoms with van der Waals surface area (Å²) in [5.41, 5.74) is 6.74. The Hall–Kier alpha value is -2.07. The fraction of sp³-hybridized carbons (Fsp3) is 0.154. The van der Waals surface area contributed by atoms with Crippen molar-refractivity contribution in [2.24, 2.45) is 0 Å². The average molecular weight is 231 g/mol. The molecule has 0 saturated carbocycles. The Labute approximate surface area is 99.0 Å². The van der Waals surface area contributed by atoms with E-state index in [0.29, 0.717) is 29.4 Å². The van der Waals surface area contributed by atoms with Crippen LogP contribution in [0.2, 0.25) is 0 Å². The molecule has 0 saturated heterocycles. The van der Waals surface area contributed by atoms with E-state index in [2.05, 4.69) is 0 Å². The van der Waals surface area contributed by atoms with Crippen molar-refractivity contribution in [2.75, 3.05) is 12.8 Å². The highest BCUT2D eigenvalue weighted by molar-refractivity contribution is 6.07. The third-order valence-corrected chi connectivity index (χ3v) is 2.34. The zero-order valence-corrected chi connectivity index (χ0v) is 9.47. The van der Waals surface area contributed by atoms with Crippen molar-refractivity contribution in [3.8, 4) is 0 Å². The first-order valence-corrected chi connectivity index (χ1v) is 5.18. The van der Waals surface area contributed by atoms with Gasteiger partial charge in [0.2, 0.25) is 5.78 Å². The summed E-state index contributed by atoms with van der Waals surface area (Å²) in [5, 5.41) is 0. The number of methoxy groups -OCH3 is 1. The van der Waals surface area contributed by atoms with E-state index < -0.39 is 0 Å². The van der Waals surface area contributed by atoms with Crippen LogP contribution < -0.4 is 5.73 Å². The number of nitrogens with two attached hydrogens (primary N) is 1. The van der Waals surface area contributed by atoms with Gasteiger partial charge in [0.05, 0.1) is 0 Å². The van der Waals surface area contributed by atoms with Crippen LogP contribution in [-0.4, -0.2) is 12.9 Å². The Morgan fingerprint density at radius 1 is 1.24 bits per heavy atom. The smallest absolute Gasteiger partial charge is 0.228 e. The number of furan rings is 1. The zero-order chi connectivity index (χ0) is 12.3. The van der Waals surface area contributed by atoms with Gasteiger partial charge in [-0.3, -0.25) is 4.79 Å². The van der Waals surface area contributed by atoms with Crippen molar-refractivity contribution < 1.29 is 13.9 Å². The molecule has 2 aromatic rings. The number of carbonyl (C=O) groups is 1. The van der Waals surface area contributed by atoms with Crippen molar-refractivity contribution in [2.45, 2.75) is 6.61 Å². The second-order valence-corrected chi connectivity index (χ2v) is 3.65. The molecule has 17 heavy (non-hydrogen) atoms. The maximum Gasteiger partial charge on any atom is 0.228 e. The molecule has 0 amide bonds. The summed E-state index contributed by atoms with van der Waals surface area (Å²) in [6.45, 7) is 0.356. The predicted octanol–water partition coefficient (Wildman–Crippen LogP) is 2.24.